The van der Waals surface area contributed by atoms with E-state index in [0.717, 1.165) is 50.2 Å². The number of hydrogen-bond donors (Lipinski definition) is 3. The van der Waals surface area contributed by atoms with E-state index in [-0.39, 0.29) is 11.5 Å². The maximum absolute atomic E-state index is 13.0. The fourth-order valence-electron chi connectivity index (χ4n) is 4.19. The molecule has 0 saturated carbocycles. The molecule has 0 atom stereocenters. The van der Waals surface area contributed by atoms with Gasteiger partial charge in [0.05, 0.1) is 25.8 Å². The lowest BCUT2D eigenvalue weighted by molar-refractivity contribution is -0.121. The number of ether oxygens (including phenoxy) is 2. The number of nitrogens with one attached hydrogen (secondary N) is 3. The number of aromatic amines is 2. The Morgan fingerprint density at radius 1 is 1.15 bits per heavy atom. The standard InChI is InChI=1S/C23H31N5O4S/c1-31-16-6-7-18-17(15-16)20-21(25-18)22(30)28(23(33)26-20)10-3-2-5-19(29)24-8-4-9-27-11-13-32-14-12-27/h6-7,15,25H,2-5,8-14H2,1H3,(H,24,29)(H,26,33). The molecular weight excluding hydrogens is 442 g/mol. The first kappa shape index (κ1) is 23.5. The molecule has 10 heteroatoms. The number of carbonyl (C=O) groups excluding carboxylic acids is 1. The Kier molecular flexibility index (Phi) is 7.79. The van der Waals surface area contributed by atoms with E-state index in [1.165, 1.54) is 0 Å². The van der Waals surface area contributed by atoms with Crippen molar-refractivity contribution in [2.75, 3.05) is 46.5 Å². The summed E-state index contributed by atoms with van der Waals surface area (Å²) in [4.78, 5) is 33.9. The zero-order chi connectivity index (χ0) is 23.2. The largest absolute Gasteiger partial charge is 0.497 e. The molecule has 3 N–H and O–H groups in total. The summed E-state index contributed by atoms with van der Waals surface area (Å²) in [6.07, 6.45) is 2.76. The van der Waals surface area contributed by atoms with Gasteiger partial charge in [-0.3, -0.25) is 19.1 Å². The third-order valence-electron chi connectivity index (χ3n) is 6.05. The van der Waals surface area contributed by atoms with Crippen LogP contribution in [-0.4, -0.2) is 71.8 Å². The van der Waals surface area contributed by atoms with E-state index in [2.05, 4.69) is 20.2 Å². The molecule has 3 heterocycles. The lowest BCUT2D eigenvalue weighted by Crippen LogP contribution is -2.38. The number of carbonyl (C=O) groups is 1. The number of fused-ring (bicyclic) bond motifs is 3. The van der Waals surface area contributed by atoms with E-state index in [9.17, 15) is 9.59 Å². The van der Waals surface area contributed by atoms with Crippen molar-refractivity contribution in [1.82, 2.24) is 24.8 Å². The summed E-state index contributed by atoms with van der Waals surface area (Å²) in [5, 5.41) is 3.85. The minimum atomic E-state index is -0.156. The lowest BCUT2D eigenvalue weighted by Gasteiger charge is -2.26. The Labute approximate surface area is 197 Å². The summed E-state index contributed by atoms with van der Waals surface area (Å²) in [7, 11) is 1.61. The van der Waals surface area contributed by atoms with E-state index in [4.69, 9.17) is 21.7 Å². The van der Waals surface area contributed by atoms with Crippen molar-refractivity contribution in [3.05, 3.63) is 33.3 Å². The van der Waals surface area contributed by atoms with Gasteiger partial charge in [-0.2, -0.15) is 0 Å². The van der Waals surface area contributed by atoms with Crippen molar-refractivity contribution >= 4 is 40.1 Å². The van der Waals surface area contributed by atoms with Crippen LogP contribution < -0.4 is 15.6 Å². The summed E-state index contributed by atoms with van der Waals surface area (Å²) in [5.41, 5.74) is 1.87. The number of rotatable bonds is 10. The molecule has 1 fully saturated rings. The molecule has 1 saturated heterocycles. The zero-order valence-electron chi connectivity index (χ0n) is 18.9. The van der Waals surface area contributed by atoms with Crippen LogP contribution in [0.25, 0.3) is 21.9 Å². The van der Waals surface area contributed by atoms with Gasteiger partial charge < -0.3 is 24.8 Å². The highest BCUT2D eigenvalue weighted by Gasteiger charge is 2.13. The van der Waals surface area contributed by atoms with Gasteiger partial charge in [-0.15, -0.1) is 0 Å². The molecule has 0 aliphatic carbocycles. The normalized spacial score (nSPS) is 14.7. The van der Waals surface area contributed by atoms with Crippen LogP contribution >= 0.6 is 12.2 Å². The number of aromatic nitrogens is 3. The van der Waals surface area contributed by atoms with Crippen LogP contribution in [0.2, 0.25) is 0 Å². The Morgan fingerprint density at radius 2 is 1.97 bits per heavy atom. The number of methoxy groups -OCH3 is 1. The molecule has 9 nitrogen and oxygen atoms in total. The molecule has 33 heavy (non-hydrogen) atoms. The highest BCUT2D eigenvalue weighted by molar-refractivity contribution is 7.71. The van der Waals surface area contributed by atoms with Gasteiger partial charge in [0.1, 0.15) is 11.3 Å². The minimum absolute atomic E-state index is 0.0505. The molecule has 0 radical (unpaired) electrons. The number of nitrogens with zero attached hydrogens (tertiary/aromatic N) is 2. The summed E-state index contributed by atoms with van der Waals surface area (Å²) in [6.45, 7) is 5.65. The Bertz CT molecular complexity index is 1230. The first-order valence-corrected chi connectivity index (χ1v) is 11.9. The number of benzene rings is 1. The summed E-state index contributed by atoms with van der Waals surface area (Å²) < 4.78 is 12.6. The van der Waals surface area contributed by atoms with Gasteiger partial charge >= 0.3 is 0 Å². The van der Waals surface area contributed by atoms with E-state index >= 15 is 0 Å². The van der Waals surface area contributed by atoms with Gasteiger partial charge in [0, 0.05) is 43.5 Å². The summed E-state index contributed by atoms with van der Waals surface area (Å²) in [6, 6.07) is 5.61. The van der Waals surface area contributed by atoms with Crippen LogP contribution in [0.5, 0.6) is 5.75 Å². The van der Waals surface area contributed by atoms with Crippen molar-refractivity contribution in [3.63, 3.8) is 0 Å². The SMILES string of the molecule is COc1ccc2[nH]c3c(=O)n(CCCCC(=O)NCCCN4CCOCC4)c(=S)[nH]c3c2c1. The van der Waals surface area contributed by atoms with Crippen LogP contribution in [0.3, 0.4) is 0 Å². The van der Waals surface area contributed by atoms with Gasteiger partial charge in [0.15, 0.2) is 4.77 Å². The maximum Gasteiger partial charge on any atom is 0.278 e. The van der Waals surface area contributed by atoms with Gasteiger partial charge in [-0.05, 0) is 56.2 Å². The van der Waals surface area contributed by atoms with E-state index < -0.39 is 0 Å². The van der Waals surface area contributed by atoms with Crippen LogP contribution in [0, 0.1) is 4.77 Å². The Morgan fingerprint density at radius 3 is 2.76 bits per heavy atom. The predicted molar refractivity (Wildman–Crippen MR) is 131 cm³/mol. The Hall–Kier alpha value is -2.69. The van der Waals surface area contributed by atoms with Crippen molar-refractivity contribution in [2.24, 2.45) is 0 Å². The van der Waals surface area contributed by atoms with Gasteiger partial charge in [-0.25, -0.2) is 0 Å². The van der Waals surface area contributed by atoms with Crippen LogP contribution in [0.4, 0.5) is 0 Å². The first-order chi connectivity index (χ1) is 16.1. The smallest absolute Gasteiger partial charge is 0.278 e. The fourth-order valence-corrected chi connectivity index (χ4v) is 4.47. The molecule has 3 aromatic rings. The third-order valence-corrected chi connectivity index (χ3v) is 6.38. The van der Waals surface area contributed by atoms with Gasteiger partial charge in [0.2, 0.25) is 5.91 Å². The molecular formula is C23H31N5O4S. The van der Waals surface area contributed by atoms with E-state index in [1.54, 1.807) is 11.7 Å². The van der Waals surface area contributed by atoms with Gasteiger partial charge in [0.25, 0.3) is 5.56 Å². The van der Waals surface area contributed by atoms with Crippen LogP contribution in [0.1, 0.15) is 25.7 Å². The zero-order valence-corrected chi connectivity index (χ0v) is 19.8. The minimum Gasteiger partial charge on any atom is -0.497 e. The highest BCUT2D eigenvalue weighted by atomic mass is 32.1. The van der Waals surface area contributed by atoms with Gasteiger partial charge in [-0.1, -0.05) is 0 Å². The number of hydrogen-bond acceptors (Lipinski definition) is 6. The summed E-state index contributed by atoms with van der Waals surface area (Å²) >= 11 is 5.45. The second-order valence-corrected chi connectivity index (χ2v) is 8.67. The maximum atomic E-state index is 13.0. The van der Waals surface area contributed by atoms with E-state index in [0.29, 0.717) is 53.9 Å². The number of unbranched alkanes of at least 4 members (excludes halogenated alkanes) is 1. The molecule has 178 valence electrons. The highest BCUT2D eigenvalue weighted by Crippen LogP contribution is 2.25. The molecule has 1 amide bonds. The van der Waals surface area contributed by atoms with Crippen molar-refractivity contribution in [1.29, 1.82) is 0 Å². The predicted octanol–water partition coefficient (Wildman–Crippen LogP) is 2.56. The fraction of sp³-hybridized carbons (Fsp3) is 0.522. The number of H-pyrrole nitrogens is 2. The third kappa shape index (κ3) is 5.63. The second-order valence-electron chi connectivity index (χ2n) is 8.29. The molecule has 0 spiro atoms. The first-order valence-electron chi connectivity index (χ1n) is 11.5. The monoisotopic (exact) mass is 473 g/mol. The molecule has 1 aromatic carbocycles. The van der Waals surface area contributed by atoms with Crippen LogP contribution in [-0.2, 0) is 16.1 Å². The second kappa shape index (κ2) is 11.0. The van der Waals surface area contributed by atoms with Crippen molar-refractivity contribution in [2.45, 2.75) is 32.2 Å². The number of amides is 1. The summed E-state index contributed by atoms with van der Waals surface area (Å²) in [5.74, 6) is 0.765. The van der Waals surface area contributed by atoms with Crippen molar-refractivity contribution < 1.29 is 14.3 Å². The number of morpholine rings is 1. The Balaban J connectivity index is 1.27. The van der Waals surface area contributed by atoms with Crippen molar-refractivity contribution in [3.8, 4) is 5.75 Å². The average molecular weight is 474 g/mol. The quantitative estimate of drug-likeness (QED) is 0.309. The molecule has 1 aliphatic heterocycles. The molecule has 2 aromatic heterocycles. The van der Waals surface area contributed by atoms with Crippen LogP contribution in [0.15, 0.2) is 23.0 Å². The lowest BCUT2D eigenvalue weighted by atomic mass is 10.2. The molecule has 4 rings (SSSR count). The molecule has 1 aliphatic rings. The molecule has 0 bridgehead atoms. The topological polar surface area (TPSA) is 104 Å². The van der Waals surface area contributed by atoms with E-state index in [1.807, 2.05) is 18.2 Å². The molecule has 0 unspecified atom stereocenters. The average Bonchev–Trinajstić information content (AvgIpc) is 3.19.